The number of halogens is 1. The summed E-state index contributed by atoms with van der Waals surface area (Å²) in [6.07, 6.45) is 1.67. The number of aliphatic imine (C=N–C) groups is 1. The van der Waals surface area contributed by atoms with Crippen molar-refractivity contribution in [3.63, 3.8) is 0 Å². The Morgan fingerprint density at radius 3 is 2.78 bits per heavy atom. The molecule has 1 aliphatic rings. The molecular formula is C16H16ClN3O3. The normalized spacial score (nSPS) is 19.9. The van der Waals surface area contributed by atoms with Crippen LogP contribution < -0.4 is 0 Å². The van der Waals surface area contributed by atoms with Crippen LogP contribution >= 0.6 is 11.6 Å². The van der Waals surface area contributed by atoms with E-state index in [9.17, 15) is 4.79 Å². The zero-order valence-corrected chi connectivity index (χ0v) is 13.5. The standard InChI is InChI=1S/C16H16ClN3O3/c1-22-8-12-14(16(21)23-2)13(9-5-3-4-6-11(9)17)10-7-18-20-15(10)19-12/h3-7,13-14H,8H2,1-2H3,(H,18,20). The van der Waals surface area contributed by atoms with Crippen LogP contribution in [0.25, 0.3) is 0 Å². The summed E-state index contributed by atoms with van der Waals surface area (Å²) >= 11 is 6.38. The molecule has 3 rings (SSSR count). The molecule has 0 amide bonds. The number of aromatic amines is 1. The van der Waals surface area contributed by atoms with Gasteiger partial charge in [-0.1, -0.05) is 29.8 Å². The number of ether oxygens (including phenoxy) is 2. The zero-order valence-electron chi connectivity index (χ0n) is 12.7. The van der Waals surface area contributed by atoms with Gasteiger partial charge in [-0.25, -0.2) is 4.99 Å². The molecule has 0 radical (unpaired) electrons. The van der Waals surface area contributed by atoms with Crippen LogP contribution in [0.15, 0.2) is 35.5 Å². The van der Waals surface area contributed by atoms with E-state index in [4.69, 9.17) is 21.1 Å². The molecule has 0 spiro atoms. The quantitative estimate of drug-likeness (QED) is 0.873. The topological polar surface area (TPSA) is 76.6 Å². The number of esters is 1. The maximum atomic E-state index is 12.4. The lowest BCUT2D eigenvalue weighted by Gasteiger charge is -2.30. The Morgan fingerprint density at radius 1 is 1.30 bits per heavy atom. The lowest BCUT2D eigenvalue weighted by molar-refractivity contribution is -0.143. The predicted octanol–water partition coefficient (Wildman–Crippen LogP) is 2.72. The van der Waals surface area contributed by atoms with E-state index in [0.717, 1.165) is 11.1 Å². The molecule has 2 heterocycles. The van der Waals surface area contributed by atoms with E-state index < -0.39 is 5.92 Å². The molecule has 2 aromatic rings. The van der Waals surface area contributed by atoms with E-state index in [-0.39, 0.29) is 18.5 Å². The fourth-order valence-corrected chi connectivity index (χ4v) is 3.19. The van der Waals surface area contributed by atoms with E-state index in [1.54, 1.807) is 19.4 Å². The van der Waals surface area contributed by atoms with E-state index >= 15 is 0 Å². The first kappa shape index (κ1) is 15.7. The highest BCUT2D eigenvalue weighted by atomic mass is 35.5. The van der Waals surface area contributed by atoms with Crippen molar-refractivity contribution in [1.82, 2.24) is 10.2 Å². The predicted molar refractivity (Wildman–Crippen MR) is 86.4 cm³/mol. The summed E-state index contributed by atoms with van der Waals surface area (Å²) in [5.41, 5.74) is 2.23. The number of fused-ring (bicyclic) bond motifs is 1. The third-order valence-electron chi connectivity index (χ3n) is 3.92. The Labute approximate surface area is 138 Å². The van der Waals surface area contributed by atoms with Gasteiger partial charge in [0.05, 0.1) is 25.6 Å². The van der Waals surface area contributed by atoms with Gasteiger partial charge in [0.25, 0.3) is 0 Å². The second-order valence-corrected chi connectivity index (χ2v) is 5.62. The van der Waals surface area contributed by atoms with Crippen molar-refractivity contribution < 1.29 is 14.3 Å². The van der Waals surface area contributed by atoms with Crippen LogP contribution in [0, 0.1) is 5.92 Å². The third-order valence-corrected chi connectivity index (χ3v) is 4.26. The Balaban J connectivity index is 2.19. The molecule has 0 bridgehead atoms. The first-order valence-corrected chi connectivity index (χ1v) is 7.47. The van der Waals surface area contributed by atoms with Gasteiger partial charge in [-0.3, -0.25) is 9.89 Å². The molecule has 1 aromatic heterocycles. The number of nitrogens with zero attached hydrogens (tertiary/aromatic N) is 2. The lowest BCUT2D eigenvalue weighted by atomic mass is 9.77. The van der Waals surface area contributed by atoms with Crippen LogP contribution in [0.4, 0.5) is 5.82 Å². The molecule has 0 saturated heterocycles. The summed E-state index contributed by atoms with van der Waals surface area (Å²) in [5, 5.41) is 7.49. The van der Waals surface area contributed by atoms with E-state index in [0.29, 0.717) is 16.6 Å². The molecule has 1 N–H and O–H groups in total. The second-order valence-electron chi connectivity index (χ2n) is 5.21. The largest absolute Gasteiger partial charge is 0.468 e. The highest BCUT2D eigenvalue weighted by Gasteiger charge is 2.41. The molecule has 2 atom stereocenters. The molecule has 0 saturated carbocycles. The number of carbonyl (C=O) groups is 1. The molecule has 0 aliphatic carbocycles. The Bertz CT molecular complexity index is 757. The first-order chi connectivity index (χ1) is 11.2. The van der Waals surface area contributed by atoms with Gasteiger partial charge in [0.1, 0.15) is 5.92 Å². The molecule has 7 heteroatoms. The van der Waals surface area contributed by atoms with Crippen LogP contribution in [-0.2, 0) is 14.3 Å². The van der Waals surface area contributed by atoms with Gasteiger partial charge in [0, 0.05) is 23.6 Å². The van der Waals surface area contributed by atoms with Crippen LogP contribution in [0.5, 0.6) is 0 Å². The van der Waals surface area contributed by atoms with Crippen molar-refractivity contribution in [2.75, 3.05) is 20.8 Å². The number of hydrogen-bond donors (Lipinski definition) is 1. The Morgan fingerprint density at radius 2 is 2.09 bits per heavy atom. The minimum Gasteiger partial charge on any atom is -0.468 e. The van der Waals surface area contributed by atoms with Crippen LogP contribution in [0.3, 0.4) is 0 Å². The number of nitrogens with one attached hydrogen (secondary N) is 1. The lowest BCUT2D eigenvalue weighted by Crippen LogP contribution is -2.36. The Hall–Kier alpha value is -2.18. The molecule has 2 unspecified atom stereocenters. The maximum Gasteiger partial charge on any atom is 0.315 e. The van der Waals surface area contributed by atoms with Crippen molar-refractivity contribution in [3.05, 3.63) is 46.6 Å². The van der Waals surface area contributed by atoms with Gasteiger partial charge in [-0.15, -0.1) is 0 Å². The number of rotatable bonds is 4. The number of hydrogen-bond acceptors (Lipinski definition) is 5. The molecule has 1 aliphatic heterocycles. The fourth-order valence-electron chi connectivity index (χ4n) is 2.93. The zero-order chi connectivity index (χ0) is 16.4. The van der Waals surface area contributed by atoms with Gasteiger partial charge in [-0.2, -0.15) is 5.10 Å². The van der Waals surface area contributed by atoms with Crippen LogP contribution in [0.2, 0.25) is 5.02 Å². The number of benzene rings is 1. The number of H-pyrrole nitrogens is 1. The van der Waals surface area contributed by atoms with Crippen LogP contribution in [-0.4, -0.2) is 42.7 Å². The summed E-state index contributed by atoms with van der Waals surface area (Å²) < 4.78 is 10.2. The van der Waals surface area contributed by atoms with E-state index in [2.05, 4.69) is 15.2 Å². The highest BCUT2D eigenvalue weighted by molar-refractivity contribution is 6.31. The molecule has 23 heavy (non-hydrogen) atoms. The highest BCUT2D eigenvalue weighted by Crippen LogP contribution is 2.43. The van der Waals surface area contributed by atoms with E-state index in [1.165, 1.54) is 7.11 Å². The summed E-state index contributed by atoms with van der Waals surface area (Å²) in [4.78, 5) is 16.9. The first-order valence-electron chi connectivity index (χ1n) is 7.09. The monoisotopic (exact) mass is 333 g/mol. The molecule has 120 valence electrons. The van der Waals surface area contributed by atoms with Crippen molar-refractivity contribution in [3.8, 4) is 0 Å². The van der Waals surface area contributed by atoms with Gasteiger partial charge >= 0.3 is 5.97 Å². The average molecular weight is 334 g/mol. The Kier molecular flexibility index (Phi) is 4.45. The summed E-state index contributed by atoms with van der Waals surface area (Å²) in [6, 6.07) is 7.43. The average Bonchev–Trinajstić information content (AvgIpc) is 3.02. The molecule has 0 fully saturated rings. The summed E-state index contributed by atoms with van der Waals surface area (Å²) in [5.74, 6) is -0.697. The smallest absolute Gasteiger partial charge is 0.315 e. The maximum absolute atomic E-state index is 12.4. The summed E-state index contributed by atoms with van der Waals surface area (Å²) in [6.45, 7) is 0.221. The van der Waals surface area contributed by atoms with Gasteiger partial charge in [0.15, 0.2) is 5.82 Å². The molecule has 6 nitrogen and oxygen atoms in total. The number of aromatic nitrogens is 2. The van der Waals surface area contributed by atoms with Gasteiger partial charge < -0.3 is 9.47 Å². The third kappa shape index (κ3) is 2.75. The fraction of sp³-hybridized carbons (Fsp3) is 0.312. The van der Waals surface area contributed by atoms with Gasteiger partial charge in [0.2, 0.25) is 0 Å². The van der Waals surface area contributed by atoms with Crippen molar-refractivity contribution in [1.29, 1.82) is 0 Å². The number of methoxy groups -OCH3 is 2. The van der Waals surface area contributed by atoms with E-state index in [1.807, 2.05) is 18.2 Å². The minimum atomic E-state index is -0.607. The van der Waals surface area contributed by atoms with Gasteiger partial charge in [-0.05, 0) is 11.6 Å². The molecule has 1 aromatic carbocycles. The summed E-state index contributed by atoms with van der Waals surface area (Å²) in [7, 11) is 2.92. The second kappa shape index (κ2) is 6.52. The van der Waals surface area contributed by atoms with Crippen molar-refractivity contribution in [2.24, 2.45) is 10.9 Å². The van der Waals surface area contributed by atoms with Crippen molar-refractivity contribution in [2.45, 2.75) is 5.92 Å². The molecular weight excluding hydrogens is 318 g/mol. The minimum absolute atomic E-state index is 0.221. The van der Waals surface area contributed by atoms with Crippen LogP contribution in [0.1, 0.15) is 17.0 Å². The van der Waals surface area contributed by atoms with Crippen molar-refractivity contribution >= 4 is 29.1 Å². The SMILES string of the molecule is COCC1=Nc2[nH]ncc2C(c2ccccc2Cl)C1C(=O)OC. The number of carbonyl (C=O) groups excluding carboxylic acids is 1.